The summed E-state index contributed by atoms with van der Waals surface area (Å²) in [5.74, 6) is -0.940. The third-order valence-corrected chi connectivity index (χ3v) is 7.96. The minimum atomic E-state index is -0.974. The number of hydrogen-bond donors (Lipinski definition) is 4. The lowest BCUT2D eigenvalue weighted by molar-refractivity contribution is -0.134. The van der Waals surface area contributed by atoms with Crippen molar-refractivity contribution in [1.82, 2.24) is 16.0 Å². The van der Waals surface area contributed by atoms with Crippen molar-refractivity contribution >= 4 is 23.5 Å². The topological polar surface area (TPSA) is 146 Å². The van der Waals surface area contributed by atoms with Gasteiger partial charge in [-0.25, -0.2) is 0 Å². The Balaban J connectivity index is 1.44. The van der Waals surface area contributed by atoms with Crippen molar-refractivity contribution in [2.24, 2.45) is 5.92 Å². The molecule has 10 nitrogen and oxygen atoms in total. The van der Waals surface area contributed by atoms with E-state index in [1.807, 2.05) is 12.1 Å². The number of methoxy groups -OCH3 is 1. The average Bonchev–Trinajstić information content (AvgIpc) is 3.68. The number of hydrogen-bond acceptors (Lipinski definition) is 7. The molecule has 1 aliphatic heterocycles. The number of rotatable bonds is 13. The lowest BCUT2D eigenvalue weighted by Gasteiger charge is -2.27. The van der Waals surface area contributed by atoms with Crippen LogP contribution in [0.25, 0.3) is 0 Å². The van der Waals surface area contributed by atoms with Gasteiger partial charge in [-0.2, -0.15) is 0 Å². The van der Waals surface area contributed by atoms with E-state index in [2.05, 4.69) is 22.0 Å². The van der Waals surface area contributed by atoms with Crippen LogP contribution in [0, 0.1) is 5.92 Å². The van der Waals surface area contributed by atoms with E-state index < -0.39 is 36.0 Å². The zero-order valence-electron chi connectivity index (χ0n) is 23.3. The lowest BCUT2D eigenvalue weighted by atomic mass is 9.87. The first-order chi connectivity index (χ1) is 19.2. The third-order valence-electron chi connectivity index (χ3n) is 7.96. The van der Waals surface area contributed by atoms with Gasteiger partial charge in [0.05, 0.1) is 25.9 Å². The molecule has 40 heavy (non-hydrogen) atoms. The molecule has 0 aromatic heterocycles. The van der Waals surface area contributed by atoms with Crippen LogP contribution in [0.15, 0.2) is 35.9 Å². The highest BCUT2D eigenvalue weighted by Crippen LogP contribution is 2.25. The van der Waals surface area contributed by atoms with E-state index in [0.29, 0.717) is 44.5 Å². The molecule has 0 bridgehead atoms. The largest absolute Gasteiger partial charge is 0.497 e. The standard InChI is InChI=1S/C30H41N3O7/c1-18(31-29(37)21-9-11-22(34)12-10-21)28(36)33-25(16-20-7-13-23(39-2)14-8-20)30(38)32-24(27(35)26-17-40-26)15-19-5-3-4-6-19/h5,7-8,13-14,18,21-22,24-26,34H,3-4,6,9-12,15-17H2,1-2H3,(H,31,37)(H,32,38)(H,33,36)/t18-,21?,22?,24+,25+,26-/m1/s1. The molecule has 1 heterocycles. The highest BCUT2D eigenvalue weighted by molar-refractivity contribution is 5.96. The van der Waals surface area contributed by atoms with Gasteiger partial charge < -0.3 is 30.5 Å². The fourth-order valence-corrected chi connectivity index (χ4v) is 5.35. The molecule has 2 fully saturated rings. The van der Waals surface area contributed by atoms with E-state index in [1.54, 1.807) is 26.2 Å². The molecule has 1 saturated heterocycles. The fraction of sp³-hybridized carbons (Fsp3) is 0.600. The van der Waals surface area contributed by atoms with Gasteiger partial charge in [-0.1, -0.05) is 23.8 Å². The minimum absolute atomic E-state index is 0.158. The summed E-state index contributed by atoms with van der Waals surface area (Å²) in [7, 11) is 1.57. The molecule has 3 aliphatic rings. The van der Waals surface area contributed by atoms with Crippen LogP contribution in [-0.4, -0.2) is 72.7 Å². The van der Waals surface area contributed by atoms with Crippen LogP contribution in [0.1, 0.15) is 63.9 Å². The molecule has 4 atom stereocenters. The summed E-state index contributed by atoms with van der Waals surface area (Å²) >= 11 is 0. The van der Waals surface area contributed by atoms with E-state index in [9.17, 15) is 24.3 Å². The second-order valence-electron chi connectivity index (χ2n) is 11.1. The monoisotopic (exact) mass is 555 g/mol. The van der Waals surface area contributed by atoms with Crippen molar-refractivity contribution < 1.29 is 33.8 Å². The minimum Gasteiger partial charge on any atom is -0.497 e. The van der Waals surface area contributed by atoms with Crippen LogP contribution < -0.4 is 20.7 Å². The number of ether oxygens (including phenoxy) is 2. The molecule has 10 heteroatoms. The molecule has 4 N–H and O–H groups in total. The number of carbonyl (C=O) groups is 4. The molecule has 1 aromatic carbocycles. The van der Waals surface area contributed by atoms with Gasteiger partial charge in [0.2, 0.25) is 17.7 Å². The lowest BCUT2D eigenvalue weighted by Crippen LogP contribution is -2.56. The van der Waals surface area contributed by atoms with Crippen LogP contribution in [0.4, 0.5) is 0 Å². The first-order valence-corrected chi connectivity index (χ1v) is 14.3. The first kappa shape index (κ1) is 29.7. The number of ketones is 1. The molecule has 1 aromatic rings. The van der Waals surface area contributed by atoms with E-state index in [-0.39, 0.29) is 30.1 Å². The van der Waals surface area contributed by atoms with Crippen molar-refractivity contribution in [2.45, 2.75) is 95.0 Å². The Bertz CT molecular complexity index is 1090. The van der Waals surface area contributed by atoms with E-state index >= 15 is 0 Å². The average molecular weight is 556 g/mol. The maximum atomic E-state index is 13.6. The Labute approximate surface area is 235 Å². The van der Waals surface area contributed by atoms with Crippen molar-refractivity contribution in [3.8, 4) is 5.75 Å². The smallest absolute Gasteiger partial charge is 0.243 e. The zero-order valence-corrected chi connectivity index (χ0v) is 23.3. The van der Waals surface area contributed by atoms with Gasteiger partial charge in [-0.15, -0.1) is 0 Å². The predicted octanol–water partition coefficient (Wildman–Crippen LogP) is 1.73. The molecule has 1 saturated carbocycles. The van der Waals surface area contributed by atoms with Gasteiger partial charge in [0, 0.05) is 12.3 Å². The summed E-state index contributed by atoms with van der Waals surface area (Å²) in [5.41, 5.74) is 1.94. The second kappa shape index (κ2) is 13.9. The van der Waals surface area contributed by atoms with Gasteiger partial charge in [-0.05, 0) is 76.0 Å². The van der Waals surface area contributed by atoms with Gasteiger partial charge in [0.1, 0.15) is 23.9 Å². The maximum Gasteiger partial charge on any atom is 0.243 e. The van der Waals surface area contributed by atoms with Crippen molar-refractivity contribution in [3.63, 3.8) is 0 Å². The molecule has 0 spiro atoms. The number of carbonyl (C=O) groups excluding carboxylic acids is 4. The van der Waals surface area contributed by atoms with Gasteiger partial charge in [0.25, 0.3) is 0 Å². The summed E-state index contributed by atoms with van der Waals surface area (Å²) < 4.78 is 10.4. The first-order valence-electron chi connectivity index (χ1n) is 14.3. The van der Waals surface area contributed by atoms with Crippen LogP contribution in [0.3, 0.4) is 0 Å². The zero-order chi connectivity index (χ0) is 28.6. The van der Waals surface area contributed by atoms with E-state index in [1.165, 1.54) is 0 Å². The van der Waals surface area contributed by atoms with Crippen molar-refractivity contribution in [3.05, 3.63) is 41.5 Å². The number of amides is 3. The molecule has 3 amide bonds. The predicted molar refractivity (Wildman–Crippen MR) is 147 cm³/mol. The fourth-order valence-electron chi connectivity index (χ4n) is 5.35. The van der Waals surface area contributed by atoms with Crippen molar-refractivity contribution in [2.75, 3.05) is 13.7 Å². The van der Waals surface area contributed by atoms with Crippen LogP contribution in [-0.2, 0) is 30.3 Å². The molecule has 218 valence electrons. The molecule has 4 rings (SSSR count). The number of benzene rings is 1. The highest BCUT2D eigenvalue weighted by Gasteiger charge is 2.38. The number of allylic oxidation sites excluding steroid dienone is 1. The summed E-state index contributed by atoms with van der Waals surface area (Å²) in [6.45, 7) is 1.93. The highest BCUT2D eigenvalue weighted by atomic mass is 16.6. The molecule has 2 aliphatic carbocycles. The number of epoxide rings is 1. The summed E-state index contributed by atoms with van der Waals surface area (Å²) in [5, 5.41) is 18.2. The molecule has 0 radical (unpaired) electrons. The number of aliphatic hydroxyl groups excluding tert-OH is 1. The Kier molecular flexibility index (Phi) is 10.3. The SMILES string of the molecule is COc1ccc(C[C@H](NC(=O)[C@@H](C)NC(=O)C2CCC(O)CC2)C(=O)N[C@@H](CC2=CCCC2)C(=O)[C@H]2CO2)cc1. The van der Waals surface area contributed by atoms with Gasteiger partial charge in [0.15, 0.2) is 5.78 Å². The maximum absolute atomic E-state index is 13.6. The number of nitrogens with one attached hydrogen (secondary N) is 3. The normalized spacial score (nSPS) is 24.2. The number of Topliss-reactive ketones (excluding diaryl/α,β-unsaturated/α-hetero) is 1. The van der Waals surface area contributed by atoms with Gasteiger partial charge in [-0.3, -0.25) is 19.2 Å². The number of aliphatic hydroxyl groups is 1. The summed E-state index contributed by atoms with van der Waals surface area (Å²) in [6, 6.07) is 4.61. The Morgan fingerprint density at radius 2 is 1.65 bits per heavy atom. The Morgan fingerprint density at radius 1 is 0.975 bits per heavy atom. The summed E-state index contributed by atoms with van der Waals surface area (Å²) in [6.07, 6.45) is 7.01. The van der Waals surface area contributed by atoms with Gasteiger partial charge >= 0.3 is 0 Å². The van der Waals surface area contributed by atoms with Crippen LogP contribution in [0.2, 0.25) is 0 Å². The Hall–Kier alpha value is -3.24. The quantitative estimate of drug-likeness (QED) is 0.214. The summed E-state index contributed by atoms with van der Waals surface area (Å²) in [4.78, 5) is 52.5. The van der Waals surface area contributed by atoms with Crippen molar-refractivity contribution in [1.29, 1.82) is 0 Å². The van der Waals surface area contributed by atoms with Crippen LogP contribution >= 0.6 is 0 Å². The molecular weight excluding hydrogens is 514 g/mol. The third kappa shape index (κ3) is 8.38. The second-order valence-corrected chi connectivity index (χ2v) is 11.1. The molecule has 0 unspecified atom stereocenters. The van der Waals surface area contributed by atoms with E-state index in [0.717, 1.165) is 30.4 Å². The molecular formula is C30H41N3O7. The van der Waals surface area contributed by atoms with E-state index in [4.69, 9.17) is 9.47 Å². The van der Waals surface area contributed by atoms with Crippen LogP contribution in [0.5, 0.6) is 5.75 Å². The Morgan fingerprint density at radius 3 is 2.25 bits per heavy atom.